The number of nitrogens with one attached hydrogen (secondary N) is 1. The third-order valence-corrected chi connectivity index (χ3v) is 2.50. The minimum atomic E-state index is -0.622. The van der Waals surface area contributed by atoms with Crippen LogP contribution in [0.4, 0.5) is 5.82 Å². The van der Waals surface area contributed by atoms with E-state index in [0.29, 0.717) is 0 Å². The van der Waals surface area contributed by atoms with Gasteiger partial charge in [-0.05, 0) is 23.7 Å². The van der Waals surface area contributed by atoms with Gasteiger partial charge in [-0.25, -0.2) is 9.97 Å². The largest absolute Gasteiger partial charge is 0.508 e. The molecule has 3 N–H and O–H groups in total. The van der Waals surface area contributed by atoms with E-state index in [1.165, 1.54) is 18.2 Å². The Morgan fingerprint density at radius 3 is 2.53 bits per heavy atom. The van der Waals surface area contributed by atoms with E-state index in [4.69, 9.17) is 28.3 Å². The van der Waals surface area contributed by atoms with Crippen molar-refractivity contribution < 1.29 is 15.0 Å². The fourth-order valence-corrected chi connectivity index (χ4v) is 1.76. The number of aromatic nitrogens is 2. The number of carbonyl (C=O) groups excluding carboxylic acids is 1. The molecule has 0 atom stereocenters. The number of halogens is 2. The van der Waals surface area contributed by atoms with Gasteiger partial charge >= 0.3 is 0 Å². The summed E-state index contributed by atoms with van der Waals surface area (Å²) >= 11 is 11.3. The van der Waals surface area contributed by atoms with E-state index in [9.17, 15) is 9.90 Å². The van der Waals surface area contributed by atoms with Crippen LogP contribution in [0.25, 0.3) is 0 Å². The average molecular weight is 300 g/mol. The molecule has 2 aromatic rings. The molecule has 1 aromatic heterocycles. The average Bonchev–Trinajstić information content (AvgIpc) is 2.26. The molecule has 0 unspecified atom stereocenters. The first kappa shape index (κ1) is 13.4. The molecule has 1 heterocycles. The molecule has 19 heavy (non-hydrogen) atoms. The first-order valence-electron chi connectivity index (χ1n) is 4.99. The van der Waals surface area contributed by atoms with Crippen LogP contribution in [-0.4, -0.2) is 26.1 Å². The Morgan fingerprint density at radius 1 is 1.16 bits per heavy atom. The van der Waals surface area contributed by atoms with Gasteiger partial charge < -0.3 is 15.5 Å². The van der Waals surface area contributed by atoms with E-state index >= 15 is 0 Å². The summed E-state index contributed by atoms with van der Waals surface area (Å²) < 4.78 is 0. The summed E-state index contributed by atoms with van der Waals surface area (Å²) in [5.74, 6) is -1.03. The molecule has 6 nitrogen and oxygen atoms in total. The molecule has 0 radical (unpaired) electrons. The Labute approximate surface area is 117 Å². The number of benzene rings is 1. The third kappa shape index (κ3) is 3.24. The van der Waals surface area contributed by atoms with Gasteiger partial charge in [0.1, 0.15) is 22.5 Å². The highest BCUT2D eigenvalue weighted by Gasteiger charge is 2.13. The SMILES string of the molecule is O=C(Nc1cc(Cl)nc(Cl)n1)c1ccc(O)cc1O. The molecule has 2 rings (SSSR count). The van der Waals surface area contributed by atoms with Gasteiger partial charge in [-0.3, -0.25) is 4.79 Å². The number of nitrogens with zero attached hydrogens (tertiary/aromatic N) is 2. The van der Waals surface area contributed by atoms with E-state index in [1.807, 2.05) is 0 Å². The van der Waals surface area contributed by atoms with Crippen LogP contribution in [0.15, 0.2) is 24.3 Å². The zero-order valence-electron chi connectivity index (χ0n) is 9.26. The minimum Gasteiger partial charge on any atom is -0.508 e. The van der Waals surface area contributed by atoms with E-state index in [1.54, 1.807) is 0 Å². The number of phenolic OH excluding ortho intramolecular Hbond substituents is 2. The number of amides is 1. The van der Waals surface area contributed by atoms with Crippen molar-refractivity contribution >= 4 is 34.9 Å². The fourth-order valence-electron chi connectivity index (χ4n) is 1.35. The van der Waals surface area contributed by atoms with Crippen molar-refractivity contribution in [2.45, 2.75) is 0 Å². The number of anilines is 1. The Balaban J connectivity index is 2.25. The maximum Gasteiger partial charge on any atom is 0.260 e. The number of phenols is 2. The van der Waals surface area contributed by atoms with Gasteiger partial charge in [-0.1, -0.05) is 11.6 Å². The third-order valence-electron chi connectivity index (χ3n) is 2.14. The summed E-state index contributed by atoms with van der Waals surface area (Å²) in [6.07, 6.45) is 0. The van der Waals surface area contributed by atoms with Crippen LogP contribution in [0, 0.1) is 0 Å². The Morgan fingerprint density at radius 2 is 1.89 bits per heavy atom. The zero-order chi connectivity index (χ0) is 14.0. The molecule has 1 amide bonds. The molecule has 0 bridgehead atoms. The predicted octanol–water partition coefficient (Wildman–Crippen LogP) is 2.45. The van der Waals surface area contributed by atoms with Crippen molar-refractivity contribution in [3.63, 3.8) is 0 Å². The molecule has 0 spiro atoms. The number of rotatable bonds is 2. The van der Waals surface area contributed by atoms with Gasteiger partial charge in [0, 0.05) is 12.1 Å². The van der Waals surface area contributed by atoms with Crippen molar-refractivity contribution in [3.8, 4) is 11.5 Å². The maximum atomic E-state index is 11.9. The van der Waals surface area contributed by atoms with Gasteiger partial charge in [0.15, 0.2) is 0 Å². The molecule has 0 saturated carbocycles. The molecule has 98 valence electrons. The van der Waals surface area contributed by atoms with E-state index in [2.05, 4.69) is 15.3 Å². The second-order valence-corrected chi connectivity index (χ2v) is 4.23. The second-order valence-electron chi connectivity index (χ2n) is 3.50. The van der Waals surface area contributed by atoms with E-state index < -0.39 is 5.91 Å². The summed E-state index contributed by atoms with van der Waals surface area (Å²) in [6.45, 7) is 0. The Kier molecular flexibility index (Phi) is 3.73. The van der Waals surface area contributed by atoms with Gasteiger partial charge in [0.05, 0.1) is 5.56 Å². The van der Waals surface area contributed by atoms with Gasteiger partial charge in [-0.15, -0.1) is 0 Å². The van der Waals surface area contributed by atoms with Crippen LogP contribution in [0.1, 0.15) is 10.4 Å². The lowest BCUT2D eigenvalue weighted by molar-refractivity contribution is 0.102. The van der Waals surface area contributed by atoms with Crippen molar-refractivity contribution in [1.29, 1.82) is 0 Å². The minimum absolute atomic E-state index is 0.0244. The molecular formula is C11H7Cl2N3O3. The van der Waals surface area contributed by atoms with Crippen LogP contribution in [0.2, 0.25) is 10.4 Å². The molecule has 0 aliphatic carbocycles. The Hall–Kier alpha value is -2.05. The lowest BCUT2D eigenvalue weighted by Gasteiger charge is -2.06. The molecule has 0 fully saturated rings. The number of hydrogen-bond donors (Lipinski definition) is 3. The van der Waals surface area contributed by atoms with E-state index in [-0.39, 0.29) is 33.3 Å². The van der Waals surface area contributed by atoms with Gasteiger partial charge in [0.2, 0.25) is 5.28 Å². The maximum absolute atomic E-state index is 11.9. The smallest absolute Gasteiger partial charge is 0.260 e. The van der Waals surface area contributed by atoms with Crippen LogP contribution >= 0.6 is 23.2 Å². The first-order chi connectivity index (χ1) is 8.95. The zero-order valence-corrected chi connectivity index (χ0v) is 10.8. The second kappa shape index (κ2) is 5.29. The lowest BCUT2D eigenvalue weighted by Crippen LogP contribution is -2.13. The number of aromatic hydroxyl groups is 2. The van der Waals surface area contributed by atoms with Gasteiger partial charge in [-0.2, -0.15) is 0 Å². The molecule has 0 saturated heterocycles. The number of hydrogen-bond acceptors (Lipinski definition) is 5. The van der Waals surface area contributed by atoms with Crippen LogP contribution in [0.5, 0.6) is 11.5 Å². The summed E-state index contributed by atoms with van der Waals surface area (Å²) in [7, 11) is 0. The molecule has 0 aliphatic rings. The summed E-state index contributed by atoms with van der Waals surface area (Å²) in [4.78, 5) is 19.3. The van der Waals surface area contributed by atoms with E-state index in [0.717, 1.165) is 6.07 Å². The summed E-state index contributed by atoms with van der Waals surface area (Å²) in [6, 6.07) is 4.90. The fraction of sp³-hybridized carbons (Fsp3) is 0. The molecular weight excluding hydrogens is 293 g/mol. The highest BCUT2D eigenvalue weighted by molar-refractivity contribution is 6.32. The van der Waals surface area contributed by atoms with Crippen molar-refractivity contribution in [2.24, 2.45) is 0 Å². The Bertz CT molecular complexity index is 629. The number of carbonyl (C=O) groups is 1. The normalized spacial score (nSPS) is 10.2. The highest BCUT2D eigenvalue weighted by atomic mass is 35.5. The van der Waals surface area contributed by atoms with Crippen LogP contribution < -0.4 is 5.32 Å². The lowest BCUT2D eigenvalue weighted by atomic mass is 10.2. The standard InChI is InChI=1S/C11H7Cl2N3O3/c12-8-4-9(16-11(13)14-8)15-10(19)6-2-1-5(17)3-7(6)18/h1-4,17-18H,(H,14,15,16,19). The van der Waals surface area contributed by atoms with Crippen molar-refractivity contribution in [3.05, 3.63) is 40.3 Å². The first-order valence-corrected chi connectivity index (χ1v) is 5.75. The quantitative estimate of drug-likeness (QED) is 0.585. The van der Waals surface area contributed by atoms with Crippen molar-refractivity contribution in [1.82, 2.24) is 9.97 Å². The molecule has 1 aromatic carbocycles. The highest BCUT2D eigenvalue weighted by Crippen LogP contribution is 2.23. The topological polar surface area (TPSA) is 95.3 Å². The van der Waals surface area contributed by atoms with Crippen LogP contribution in [0.3, 0.4) is 0 Å². The summed E-state index contributed by atoms with van der Waals surface area (Å²) in [5, 5.41) is 21.0. The monoisotopic (exact) mass is 299 g/mol. The van der Waals surface area contributed by atoms with Crippen molar-refractivity contribution in [2.75, 3.05) is 5.32 Å². The predicted molar refractivity (Wildman–Crippen MR) is 69.8 cm³/mol. The van der Waals surface area contributed by atoms with Gasteiger partial charge in [0.25, 0.3) is 5.91 Å². The molecule has 8 heteroatoms. The molecule has 0 aliphatic heterocycles. The van der Waals surface area contributed by atoms with Crippen LogP contribution in [-0.2, 0) is 0 Å². The summed E-state index contributed by atoms with van der Waals surface area (Å²) in [5.41, 5.74) is -0.0244.